The molecule has 1 aromatic heterocycles. The lowest BCUT2D eigenvalue weighted by Crippen LogP contribution is -2.41. The number of hydrogen-bond donors (Lipinski definition) is 1. The van der Waals surface area contributed by atoms with Crippen LogP contribution in [0.2, 0.25) is 0 Å². The zero-order valence-corrected chi connectivity index (χ0v) is 16.9. The summed E-state index contributed by atoms with van der Waals surface area (Å²) in [5.41, 5.74) is 1.02. The molecular formula is C21H29N3O2S. The van der Waals surface area contributed by atoms with Gasteiger partial charge in [0.2, 0.25) is 5.91 Å². The number of benzene rings is 1. The van der Waals surface area contributed by atoms with Gasteiger partial charge in [-0.05, 0) is 49.8 Å². The van der Waals surface area contributed by atoms with Crippen LogP contribution in [0.15, 0.2) is 18.2 Å². The molecule has 2 aliphatic rings. The van der Waals surface area contributed by atoms with E-state index >= 15 is 0 Å². The first kappa shape index (κ1) is 18.5. The second-order valence-corrected chi connectivity index (χ2v) is 8.85. The van der Waals surface area contributed by atoms with Gasteiger partial charge in [-0.25, -0.2) is 4.98 Å². The van der Waals surface area contributed by atoms with Gasteiger partial charge in [0.1, 0.15) is 5.75 Å². The number of rotatable bonds is 5. The fourth-order valence-electron chi connectivity index (χ4n) is 4.27. The van der Waals surface area contributed by atoms with Crippen LogP contribution < -0.4 is 15.0 Å². The predicted molar refractivity (Wildman–Crippen MR) is 111 cm³/mol. The van der Waals surface area contributed by atoms with E-state index in [0.29, 0.717) is 5.92 Å². The summed E-state index contributed by atoms with van der Waals surface area (Å²) in [6, 6.07) is 6.01. The molecule has 0 unspecified atom stereocenters. The maximum absolute atomic E-state index is 12.5. The summed E-state index contributed by atoms with van der Waals surface area (Å²) in [6.45, 7) is 2.68. The number of methoxy groups -OCH3 is 1. The van der Waals surface area contributed by atoms with Gasteiger partial charge in [-0.2, -0.15) is 0 Å². The molecule has 1 aliphatic carbocycles. The van der Waals surface area contributed by atoms with Crippen molar-refractivity contribution in [3.63, 3.8) is 0 Å². The summed E-state index contributed by atoms with van der Waals surface area (Å²) in [5, 5.41) is 4.28. The molecule has 5 nitrogen and oxygen atoms in total. The molecule has 2 heterocycles. The number of fused-ring (bicyclic) bond motifs is 1. The minimum atomic E-state index is 0.152. The third-order valence-corrected chi connectivity index (χ3v) is 7.09. The van der Waals surface area contributed by atoms with Crippen molar-refractivity contribution in [2.24, 2.45) is 11.8 Å². The standard InChI is InChI=1S/C21H29N3O2S/c1-26-17-7-8-18-19(13-17)27-21(23-18)24-11-9-16(10-12-24)20(25)22-14-15-5-3-2-4-6-15/h7-8,13,15-16H,2-6,9-12,14H2,1H3,(H,22,25). The number of nitrogens with zero attached hydrogens (tertiary/aromatic N) is 2. The zero-order chi connectivity index (χ0) is 18.6. The Hall–Kier alpha value is -1.82. The third-order valence-electron chi connectivity index (χ3n) is 6.01. The highest BCUT2D eigenvalue weighted by Crippen LogP contribution is 2.33. The molecule has 6 heteroatoms. The molecule has 1 aliphatic heterocycles. The number of carbonyl (C=O) groups is 1. The Labute approximate surface area is 165 Å². The number of aromatic nitrogens is 1. The van der Waals surface area contributed by atoms with E-state index in [1.54, 1.807) is 18.4 Å². The lowest BCUT2D eigenvalue weighted by Gasteiger charge is -2.31. The van der Waals surface area contributed by atoms with Crippen molar-refractivity contribution in [1.29, 1.82) is 0 Å². The van der Waals surface area contributed by atoms with Crippen LogP contribution in [0, 0.1) is 11.8 Å². The maximum Gasteiger partial charge on any atom is 0.223 e. The minimum absolute atomic E-state index is 0.152. The van der Waals surface area contributed by atoms with Crippen molar-refractivity contribution in [2.75, 3.05) is 31.6 Å². The molecular weight excluding hydrogens is 358 g/mol. The molecule has 1 N–H and O–H groups in total. The molecule has 1 saturated carbocycles. The first-order valence-electron chi connectivity index (χ1n) is 10.2. The molecule has 0 radical (unpaired) electrons. The van der Waals surface area contributed by atoms with E-state index in [2.05, 4.69) is 10.2 Å². The largest absolute Gasteiger partial charge is 0.497 e. The van der Waals surface area contributed by atoms with Crippen molar-refractivity contribution in [3.05, 3.63) is 18.2 Å². The summed E-state index contributed by atoms with van der Waals surface area (Å²) in [7, 11) is 1.69. The van der Waals surface area contributed by atoms with Gasteiger partial charge in [-0.15, -0.1) is 0 Å². The van der Waals surface area contributed by atoms with Crippen LogP contribution in [0.3, 0.4) is 0 Å². The van der Waals surface area contributed by atoms with E-state index in [-0.39, 0.29) is 11.8 Å². The number of carbonyl (C=O) groups excluding carboxylic acids is 1. The number of ether oxygens (including phenoxy) is 1. The SMILES string of the molecule is COc1ccc2nc(N3CCC(C(=O)NCC4CCCCC4)CC3)sc2c1. The Morgan fingerprint density at radius 3 is 2.74 bits per heavy atom. The molecule has 27 heavy (non-hydrogen) atoms. The molecule has 1 saturated heterocycles. The smallest absolute Gasteiger partial charge is 0.223 e. The highest BCUT2D eigenvalue weighted by Gasteiger charge is 2.27. The summed E-state index contributed by atoms with van der Waals surface area (Å²) < 4.78 is 6.45. The fourth-order valence-corrected chi connectivity index (χ4v) is 5.31. The van der Waals surface area contributed by atoms with Crippen LogP contribution in [-0.2, 0) is 4.79 Å². The van der Waals surface area contributed by atoms with E-state index in [9.17, 15) is 4.79 Å². The highest BCUT2D eigenvalue weighted by molar-refractivity contribution is 7.22. The number of hydrogen-bond acceptors (Lipinski definition) is 5. The van der Waals surface area contributed by atoms with Crippen molar-refractivity contribution < 1.29 is 9.53 Å². The van der Waals surface area contributed by atoms with Crippen molar-refractivity contribution >= 4 is 32.6 Å². The Morgan fingerprint density at radius 2 is 2.00 bits per heavy atom. The molecule has 2 aromatic rings. The second-order valence-electron chi connectivity index (χ2n) is 7.84. The van der Waals surface area contributed by atoms with Gasteiger partial charge in [0.05, 0.1) is 17.3 Å². The van der Waals surface area contributed by atoms with Crippen molar-refractivity contribution in [2.45, 2.75) is 44.9 Å². The average Bonchev–Trinajstić information content (AvgIpc) is 3.16. The minimum Gasteiger partial charge on any atom is -0.497 e. The van der Waals surface area contributed by atoms with E-state index in [1.165, 1.54) is 32.1 Å². The quantitative estimate of drug-likeness (QED) is 0.835. The van der Waals surface area contributed by atoms with Crippen molar-refractivity contribution in [1.82, 2.24) is 10.3 Å². The summed E-state index contributed by atoms with van der Waals surface area (Å²) in [4.78, 5) is 19.6. The monoisotopic (exact) mass is 387 g/mol. The van der Waals surface area contributed by atoms with Crippen LogP contribution in [0.4, 0.5) is 5.13 Å². The van der Waals surface area contributed by atoms with Gasteiger partial charge in [0.15, 0.2) is 5.13 Å². The Kier molecular flexibility index (Phi) is 5.81. The number of piperidine rings is 1. The molecule has 1 amide bonds. The normalized spacial score (nSPS) is 19.4. The molecule has 146 valence electrons. The first-order chi connectivity index (χ1) is 13.2. The zero-order valence-electron chi connectivity index (χ0n) is 16.1. The van der Waals surface area contributed by atoms with Crippen LogP contribution in [0.1, 0.15) is 44.9 Å². The Balaban J connectivity index is 1.30. The van der Waals surface area contributed by atoms with E-state index in [4.69, 9.17) is 9.72 Å². The summed E-state index contributed by atoms with van der Waals surface area (Å²) >= 11 is 1.71. The van der Waals surface area contributed by atoms with Gasteiger partial charge in [-0.1, -0.05) is 30.6 Å². The maximum atomic E-state index is 12.5. The van der Waals surface area contributed by atoms with Crippen LogP contribution in [-0.4, -0.2) is 37.6 Å². The molecule has 1 aromatic carbocycles. The van der Waals surface area contributed by atoms with E-state index in [0.717, 1.165) is 53.6 Å². The second kappa shape index (κ2) is 8.46. The van der Waals surface area contributed by atoms with Gasteiger partial charge in [0, 0.05) is 25.6 Å². The highest BCUT2D eigenvalue weighted by atomic mass is 32.1. The van der Waals surface area contributed by atoms with Crippen molar-refractivity contribution in [3.8, 4) is 5.75 Å². The van der Waals surface area contributed by atoms with Gasteiger partial charge < -0.3 is 15.0 Å². The first-order valence-corrected chi connectivity index (χ1v) is 11.0. The van der Waals surface area contributed by atoms with Crippen LogP contribution in [0.25, 0.3) is 10.2 Å². The van der Waals surface area contributed by atoms with Crippen LogP contribution >= 0.6 is 11.3 Å². The number of amides is 1. The number of nitrogens with one attached hydrogen (secondary N) is 1. The molecule has 4 rings (SSSR count). The average molecular weight is 388 g/mol. The Morgan fingerprint density at radius 1 is 1.22 bits per heavy atom. The number of anilines is 1. The van der Waals surface area contributed by atoms with Gasteiger partial charge in [0.25, 0.3) is 0 Å². The predicted octanol–water partition coefficient (Wildman–Crippen LogP) is 4.22. The lowest BCUT2D eigenvalue weighted by atomic mass is 9.89. The molecule has 0 bridgehead atoms. The third kappa shape index (κ3) is 4.37. The summed E-state index contributed by atoms with van der Waals surface area (Å²) in [5.74, 6) is 1.97. The number of thiazole rings is 1. The van der Waals surface area contributed by atoms with Gasteiger partial charge >= 0.3 is 0 Å². The molecule has 2 fully saturated rings. The van der Waals surface area contributed by atoms with E-state index < -0.39 is 0 Å². The fraction of sp³-hybridized carbons (Fsp3) is 0.619. The van der Waals surface area contributed by atoms with Gasteiger partial charge in [-0.3, -0.25) is 4.79 Å². The Bertz CT molecular complexity index is 777. The molecule has 0 spiro atoms. The lowest BCUT2D eigenvalue weighted by molar-refractivity contribution is -0.125. The topological polar surface area (TPSA) is 54.5 Å². The molecule has 0 atom stereocenters. The van der Waals surface area contributed by atoms with E-state index in [1.807, 2.05) is 18.2 Å². The summed E-state index contributed by atoms with van der Waals surface area (Å²) in [6.07, 6.45) is 8.40. The van der Waals surface area contributed by atoms with Crippen LogP contribution in [0.5, 0.6) is 5.75 Å².